The minimum absolute atomic E-state index is 0. The van der Waals surface area contributed by atoms with Crippen LogP contribution in [0.25, 0.3) is 0 Å². The van der Waals surface area contributed by atoms with Crippen LogP contribution >= 0.6 is 12.4 Å². The van der Waals surface area contributed by atoms with E-state index in [9.17, 15) is 4.79 Å². The Hall–Kier alpha value is -1.46. The van der Waals surface area contributed by atoms with E-state index in [-0.39, 0.29) is 24.2 Å². The van der Waals surface area contributed by atoms with Crippen molar-refractivity contribution in [1.29, 1.82) is 0 Å². The number of nitrogens with two attached hydrogens (primary N) is 1. The number of hydrogen-bond donors (Lipinski definition) is 2. The van der Waals surface area contributed by atoms with Crippen LogP contribution in [0, 0.1) is 5.92 Å². The van der Waals surface area contributed by atoms with Crippen molar-refractivity contribution in [2.45, 2.75) is 45.9 Å². The van der Waals surface area contributed by atoms with Crippen LogP contribution < -0.4 is 20.5 Å². The van der Waals surface area contributed by atoms with Crippen LogP contribution in [0.1, 0.15) is 34.1 Å². The number of nitrogens with one attached hydrogen (secondary N) is 1. The number of rotatable bonds is 4. The molecule has 118 valence electrons. The lowest BCUT2D eigenvalue weighted by Crippen LogP contribution is -2.40. The van der Waals surface area contributed by atoms with Gasteiger partial charge in [0.25, 0.3) is 0 Å². The van der Waals surface area contributed by atoms with Crippen LogP contribution in [-0.2, 0) is 4.79 Å². The summed E-state index contributed by atoms with van der Waals surface area (Å²) >= 11 is 0. The predicted octanol–water partition coefficient (Wildman–Crippen LogP) is 2.93. The molecule has 0 aromatic heterocycles. The monoisotopic (exact) mass is 314 g/mol. The van der Waals surface area contributed by atoms with Crippen molar-refractivity contribution in [1.82, 2.24) is 0 Å². The summed E-state index contributed by atoms with van der Waals surface area (Å²) in [5.41, 5.74) is 6.57. The number of ether oxygens (including phenoxy) is 2. The topological polar surface area (TPSA) is 73.6 Å². The predicted molar refractivity (Wildman–Crippen MR) is 85.1 cm³/mol. The molecule has 0 fully saturated rings. The fraction of sp³-hybridized carbons (Fsp3) is 0.533. The van der Waals surface area contributed by atoms with Gasteiger partial charge in [0.1, 0.15) is 0 Å². The first kappa shape index (κ1) is 17.6. The Morgan fingerprint density at radius 2 is 1.95 bits per heavy atom. The molecular formula is C15H23ClN2O3. The highest BCUT2D eigenvalue weighted by Gasteiger charge is 2.31. The van der Waals surface area contributed by atoms with E-state index < -0.39 is 11.8 Å². The molecule has 0 aliphatic carbocycles. The maximum Gasteiger partial charge on any atom is 0.246 e. The molecule has 6 heteroatoms. The van der Waals surface area contributed by atoms with Crippen LogP contribution in [-0.4, -0.2) is 17.7 Å². The molecule has 2 atom stereocenters. The van der Waals surface area contributed by atoms with Gasteiger partial charge in [-0.15, -0.1) is 12.4 Å². The van der Waals surface area contributed by atoms with Crippen LogP contribution in [0.4, 0.5) is 5.69 Å². The molecule has 1 aliphatic rings. The number of hydrogen-bond acceptors (Lipinski definition) is 4. The molecule has 0 saturated carbocycles. The standard InChI is InChI=1S/C15H22N2O3.ClH/c1-5-9(2)13(16)14(18)17-10-6-7-11-12(8-10)20-15(3,4)19-11;/h6-9,13H,5,16H2,1-4H3,(H,17,18);1H. The highest BCUT2D eigenvalue weighted by molar-refractivity contribution is 5.95. The first-order chi connectivity index (χ1) is 9.32. The number of anilines is 1. The zero-order valence-electron chi connectivity index (χ0n) is 12.8. The fourth-order valence-electron chi connectivity index (χ4n) is 2.04. The second kappa shape index (κ2) is 6.54. The summed E-state index contributed by atoms with van der Waals surface area (Å²) in [7, 11) is 0. The van der Waals surface area contributed by atoms with Gasteiger partial charge in [0.15, 0.2) is 11.5 Å². The van der Waals surface area contributed by atoms with Crippen molar-refractivity contribution in [3.05, 3.63) is 18.2 Å². The summed E-state index contributed by atoms with van der Waals surface area (Å²) in [4.78, 5) is 12.0. The molecule has 0 saturated heterocycles. The van der Waals surface area contributed by atoms with E-state index in [0.29, 0.717) is 17.2 Å². The SMILES string of the molecule is CCC(C)C(N)C(=O)Nc1ccc2c(c1)OC(C)(C)O2.Cl. The smallest absolute Gasteiger partial charge is 0.246 e. The maximum absolute atomic E-state index is 12.0. The van der Waals surface area contributed by atoms with Gasteiger partial charge >= 0.3 is 0 Å². The van der Waals surface area contributed by atoms with Crippen LogP contribution in [0.15, 0.2) is 18.2 Å². The molecule has 0 bridgehead atoms. The molecule has 21 heavy (non-hydrogen) atoms. The first-order valence-corrected chi connectivity index (χ1v) is 6.91. The molecule has 2 rings (SSSR count). The van der Waals surface area contributed by atoms with Gasteiger partial charge in [0.2, 0.25) is 11.7 Å². The van der Waals surface area contributed by atoms with Crippen molar-refractivity contribution in [2.75, 3.05) is 5.32 Å². The van der Waals surface area contributed by atoms with Crippen molar-refractivity contribution in [3.8, 4) is 11.5 Å². The van der Waals surface area contributed by atoms with E-state index in [2.05, 4.69) is 5.32 Å². The third kappa shape index (κ3) is 4.02. The quantitative estimate of drug-likeness (QED) is 0.896. The van der Waals surface area contributed by atoms with Gasteiger partial charge in [0, 0.05) is 25.6 Å². The molecule has 3 N–H and O–H groups in total. The average Bonchev–Trinajstić information content (AvgIpc) is 2.69. The van der Waals surface area contributed by atoms with Gasteiger partial charge in [-0.2, -0.15) is 0 Å². The van der Waals surface area contributed by atoms with Crippen molar-refractivity contribution < 1.29 is 14.3 Å². The van der Waals surface area contributed by atoms with E-state index in [4.69, 9.17) is 15.2 Å². The number of amides is 1. The lowest BCUT2D eigenvalue weighted by molar-refractivity contribution is -0.118. The van der Waals surface area contributed by atoms with Crippen molar-refractivity contribution in [3.63, 3.8) is 0 Å². The summed E-state index contributed by atoms with van der Waals surface area (Å²) in [5.74, 6) is 0.600. The zero-order valence-corrected chi connectivity index (χ0v) is 13.6. The Balaban J connectivity index is 0.00000220. The molecule has 1 heterocycles. The van der Waals surface area contributed by atoms with E-state index in [1.807, 2.05) is 27.7 Å². The number of benzene rings is 1. The molecule has 0 spiro atoms. The van der Waals surface area contributed by atoms with Gasteiger partial charge in [-0.1, -0.05) is 20.3 Å². The van der Waals surface area contributed by atoms with Crippen LogP contribution in [0.5, 0.6) is 11.5 Å². The van der Waals surface area contributed by atoms with E-state index in [0.717, 1.165) is 6.42 Å². The van der Waals surface area contributed by atoms with Crippen LogP contribution in [0.2, 0.25) is 0 Å². The van der Waals surface area contributed by atoms with Gasteiger partial charge in [0.05, 0.1) is 6.04 Å². The Morgan fingerprint density at radius 3 is 2.57 bits per heavy atom. The molecular weight excluding hydrogens is 292 g/mol. The van der Waals surface area contributed by atoms with E-state index in [1.165, 1.54) is 0 Å². The minimum Gasteiger partial charge on any atom is -0.449 e. The number of halogens is 1. The molecule has 0 radical (unpaired) electrons. The normalized spacial score (nSPS) is 17.6. The third-order valence-corrected chi connectivity index (χ3v) is 3.48. The molecule has 1 amide bonds. The lowest BCUT2D eigenvalue weighted by Gasteiger charge is -2.17. The van der Waals surface area contributed by atoms with Crippen molar-refractivity contribution in [2.24, 2.45) is 11.7 Å². The highest BCUT2D eigenvalue weighted by atomic mass is 35.5. The fourth-order valence-corrected chi connectivity index (χ4v) is 2.04. The summed E-state index contributed by atoms with van der Waals surface area (Å²) in [6, 6.07) is 4.81. The zero-order chi connectivity index (χ0) is 14.9. The third-order valence-electron chi connectivity index (χ3n) is 3.48. The second-order valence-corrected chi connectivity index (χ2v) is 5.67. The Morgan fingerprint density at radius 1 is 1.33 bits per heavy atom. The Bertz CT molecular complexity index is 520. The molecule has 2 unspecified atom stereocenters. The van der Waals surface area contributed by atoms with Gasteiger partial charge in [-0.3, -0.25) is 4.79 Å². The Labute approximate surface area is 131 Å². The van der Waals surface area contributed by atoms with E-state index in [1.54, 1.807) is 18.2 Å². The average molecular weight is 315 g/mol. The van der Waals surface area contributed by atoms with E-state index >= 15 is 0 Å². The largest absolute Gasteiger partial charge is 0.449 e. The van der Waals surface area contributed by atoms with Gasteiger partial charge in [-0.25, -0.2) is 0 Å². The highest BCUT2D eigenvalue weighted by Crippen LogP contribution is 2.40. The number of carbonyl (C=O) groups excluding carboxylic acids is 1. The summed E-state index contributed by atoms with van der Waals surface area (Å²) < 4.78 is 11.2. The van der Waals surface area contributed by atoms with Crippen LogP contribution in [0.3, 0.4) is 0 Å². The summed E-state index contributed by atoms with van der Waals surface area (Å²) in [5, 5.41) is 2.81. The number of carbonyl (C=O) groups is 1. The number of fused-ring (bicyclic) bond motifs is 1. The second-order valence-electron chi connectivity index (χ2n) is 5.67. The van der Waals surface area contributed by atoms with Gasteiger partial charge < -0.3 is 20.5 Å². The van der Waals surface area contributed by atoms with Crippen molar-refractivity contribution >= 4 is 24.0 Å². The summed E-state index contributed by atoms with van der Waals surface area (Å²) in [6.45, 7) is 7.65. The molecule has 1 aromatic carbocycles. The molecule has 1 aromatic rings. The molecule has 1 aliphatic heterocycles. The Kier molecular flexibility index (Phi) is 5.48. The summed E-state index contributed by atoms with van der Waals surface area (Å²) in [6.07, 6.45) is 0.865. The first-order valence-electron chi connectivity index (χ1n) is 6.91. The maximum atomic E-state index is 12.0. The molecule has 5 nitrogen and oxygen atoms in total. The van der Waals surface area contributed by atoms with Gasteiger partial charge in [-0.05, 0) is 18.1 Å². The lowest BCUT2D eigenvalue weighted by atomic mass is 9.99. The minimum atomic E-state index is -0.669.